The van der Waals surface area contributed by atoms with Crippen LogP contribution in [0.15, 0.2) is 212 Å². The van der Waals surface area contributed by atoms with Crippen LogP contribution in [0.1, 0.15) is 46.7 Å². The molecule has 0 spiro atoms. The van der Waals surface area contributed by atoms with Gasteiger partial charge in [0.2, 0.25) is 0 Å². The molecule has 4 heteroatoms. The van der Waals surface area contributed by atoms with E-state index >= 15 is 0 Å². The summed E-state index contributed by atoms with van der Waals surface area (Å²) in [5.74, 6) is 5.61. The maximum absolute atomic E-state index is 6.57. The summed E-state index contributed by atoms with van der Waals surface area (Å²) in [5, 5.41) is 0. The van der Waals surface area contributed by atoms with Gasteiger partial charge in [0, 0.05) is 0 Å². The summed E-state index contributed by atoms with van der Waals surface area (Å²) < 4.78 is 19.6. The normalized spacial score (nSPS) is 10.8. The van der Waals surface area contributed by atoms with Gasteiger partial charge in [-0.05, 0) is 117 Å². The average molecular weight is 758 g/mol. The molecular weight excluding hydrogens is 711 g/mol. The molecule has 7 rings (SSSR count). The van der Waals surface area contributed by atoms with Crippen molar-refractivity contribution in [1.29, 1.82) is 0 Å². The molecule has 0 saturated carbocycles. The highest BCUT2D eigenvalue weighted by atomic mass is 16.5. The molecule has 0 bridgehead atoms. The highest BCUT2D eigenvalue weighted by molar-refractivity contribution is 5.99. The zero-order valence-electron chi connectivity index (χ0n) is 32.9. The molecule has 4 nitrogen and oxygen atoms in total. The lowest BCUT2D eigenvalue weighted by atomic mass is 9.87. The molecule has 0 fully saturated rings. The summed E-state index contributed by atoms with van der Waals surface area (Å²) >= 11 is 0. The minimum absolute atomic E-state index is 0.380. The molecule has 0 aliphatic carbocycles. The van der Waals surface area contributed by atoms with Crippen LogP contribution in [0.2, 0.25) is 0 Å². The number of nitrogens with zero attached hydrogens (tertiary/aromatic N) is 1. The third kappa shape index (κ3) is 10.2. The van der Waals surface area contributed by atoms with Crippen LogP contribution in [0.4, 0.5) is 5.69 Å². The van der Waals surface area contributed by atoms with Crippen LogP contribution in [0.3, 0.4) is 0 Å². The molecule has 0 radical (unpaired) electrons. The van der Waals surface area contributed by atoms with E-state index in [1.54, 1.807) is 0 Å². The summed E-state index contributed by atoms with van der Waals surface area (Å²) in [6.07, 6.45) is 0.758. The molecule has 7 aromatic rings. The summed E-state index contributed by atoms with van der Waals surface area (Å²) in [6, 6.07) is 64.8. The second kappa shape index (κ2) is 19.1. The minimum atomic E-state index is -0.477. The molecule has 0 N–H and O–H groups in total. The molecule has 0 aliphatic rings. The molecule has 0 unspecified atom stereocenters. The van der Waals surface area contributed by atoms with E-state index in [1.165, 1.54) is 0 Å². The maximum atomic E-state index is 6.57. The number of aliphatic imine (C=N–C) groups is 1. The van der Waals surface area contributed by atoms with Gasteiger partial charge in [0.05, 0.1) is 16.7 Å². The summed E-state index contributed by atoms with van der Waals surface area (Å²) in [4.78, 5) is 4.65. The second-order valence-corrected chi connectivity index (χ2v) is 14.3. The second-order valence-electron chi connectivity index (χ2n) is 14.3. The predicted molar refractivity (Wildman–Crippen MR) is 240 cm³/mol. The van der Waals surface area contributed by atoms with Gasteiger partial charge in [0.25, 0.3) is 0 Å². The smallest absolute Gasteiger partial charge is 0.119 e. The van der Waals surface area contributed by atoms with Crippen LogP contribution in [-0.4, -0.2) is 25.7 Å². The van der Waals surface area contributed by atoms with Crippen LogP contribution < -0.4 is 14.2 Å². The molecular formula is C54H47NO3. The van der Waals surface area contributed by atoms with E-state index in [2.05, 4.69) is 104 Å². The van der Waals surface area contributed by atoms with Gasteiger partial charge < -0.3 is 14.2 Å². The van der Waals surface area contributed by atoms with E-state index < -0.39 is 5.41 Å². The summed E-state index contributed by atoms with van der Waals surface area (Å²) in [5.41, 5.74) is 9.50. The Labute approximate surface area is 342 Å². The Kier molecular flexibility index (Phi) is 12.9. The van der Waals surface area contributed by atoms with E-state index in [0.717, 1.165) is 79.5 Å². The molecule has 0 heterocycles. The van der Waals surface area contributed by atoms with Crippen molar-refractivity contribution in [2.45, 2.75) is 13.3 Å². The molecule has 58 heavy (non-hydrogen) atoms. The van der Waals surface area contributed by atoms with Gasteiger partial charge >= 0.3 is 0 Å². The van der Waals surface area contributed by atoms with Crippen molar-refractivity contribution >= 4 is 28.3 Å². The Morgan fingerprint density at radius 3 is 1.12 bits per heavy atom. The molecule has 0 atom stereocenters. The zero-order valence-corrected chi connectivity index (χ0v) is 32.9. The first-order valence-corrected chi connectivity index (χ1v) is 19.6. The van der Waals surface area contributed by atoms with Gasteiger partial charge in [-0.3, -0.25) is 0 Å². The van der Waals surface area contributed by atoms with Crippen molar-refractivity contribution in [1.82, 2.24) is 0 Å². The fraction of sp³-hybridized carbons (Fsp3) is 0.111. The first kappa shape index (κ1) is 39.1. The monoisotopic (exact) mass is 757 g/mol. The van der Waals surface area contributed by atoms with Gasteiger partial charge in [-0.2, -0.15) is 0 Å². The fourth-order valence-electron chi connectivity index (χ4n) is 6.50. The van der Waals surface area contributed by atoms with Crippen molar-refractivity contribution in [3.8, 4) is 17.2 Å². The maximum Gasteiger partial charge on any atom is 0.119 e. The van der Waals surface area contributed by atoms with E-state index in [4.69, 9.17) is 14.2 Å². The van der Waals surface area contributed by atoms with Crippen LogP contribution in [0.25, 0.3) is 16.7 Å². The predicted octanol–water partition coefficient (Wildman–Crippen LogP) is 13.2. The molecule has 286 valence electrons. The third-order valence-electron chi connectivity index (χ3n) is 10.3. The van der Waals surface area contributed by atoms with E-state index in [-0.39, 0.29) is 0 Å². The first-order chi connectivity index (χ1) is 28.5. The highest BCUT2D eigenvalue weighted by Crippen LogP contribution is 2.31. The van der Waals surface area contributed by atoms with Gasteiger partial charge in [0.1, 0.15) is 37.1 Å². The highest BCUT2D eigenvalue weighted by Gasteiger charge is 2.32. The van der Waals surface area contributed by atoms with E-state index in [9.17, 15) is 0 Å². The van der Waals surface area contributed by atoms with Crippen molar-refractivity contribution in [3.05, 3.63) is 241 Å². The Morgan fingerprint density at radius 1 is 0.431 bits per heavy atom. The topological polar surface area (TPSA) is 40.0 Å². The fourth-order valence-corrected chi connectivity index (χ4v) is 6.50. The SMILES string of the molecule is C=C(c1ccccc1)c1ccc(OCC(CC)(COc2ccc(C(=C)c3ccccc3)cc2)COc2ccc(C(=C=Nc3ccccc3)c3ccccc3)cc2)cc1. The Morgan fingerprint density at radius 2 is 0.741 bits per heavy atom. The Hall–Kier alpha value is -7.13. The lowest BCUT2D eigenvalue weighted by molar-refractivity contribution is 0.0293. The summed E-state index contributed by atoms with van der Waals surface area (Å²) in [7, 11) is 0. The van der Waals surface area contributed by atoms with Crippen molar-refractivity contribution in [2.24, 2.45) is 10.4 Å². The zero-order chi connectivity index (χ0) is 40.0. The molecule has 0 amide bonds. The van der Waals surface area contributed by atoms with Crippen LogP contribution in [0, 0.1) is 5.41 Å². The number of para-hydroxylation sites is 1. The molecule has 0 aliphatic heterocycles. The lowest BCUT2D eigenvalue weighted by Crippen LogP contribution is -2.40. The number of benzene rings is 7. The van der Waals surface area contributed by atoms with Gasteiger partial charge in [-0.25, -0.2) is 4.99 Å². The standard InChI is InChI=1S/C54H47NO3/c1-4-54(38-56-50-31-25-45(26-32-50)41(2)43-17-9-5-10-18-43,39-57-51-33-27-46(28-34-51)42(3)44-19-11-6-12-20-44)40-58-52-35-29-48(30-36-52)53(47-21-13-7-14-22-47)37-55-49-23-15-8-16-24-49/h5-36H,2-4,38-40H2,1H3. The number of rotatable bonds is 17. The van der Waals surface area contributed by atoms with Crippen molar-refractivity contribution in [2.75, 3.05) is 19.8 Å². The number of hydrogen-bond acceptors (Lipinski definition) is 4. The minimum Gasteiger partial charge on any atom is -0.493 e. The quantitative estimate of drug-likeness (QED) is 0.0869. The number of ether oxygens (including phenoxy) is 3. The van der Waals surface area contributed by atoms with Crippen LogP contribution >= 0.6 is 0 Å². The van der Waals surface area contributed by atoms with E-state index in [1.807, 2.05) is 121 Å². The Bertz CT molecular complexity index is 2350. The van der Waals surface area contributed by atoms with E-state index in [0.29, 0.717) is 19.8 Å². The Balaban J connectivity index is 1.09. The van der Waals surface area contributed by atoms with Crippen LogP contribution in [-0.2, 0) is 0 Å². The first-order valence-electron chi connectivity index (χ1n) is 19.6. The number of hydrogen-bond donors (Lipinski definition) is 0. The largest absolute Gasteiger partial charge is 0.493 e. The van der Waals surface area contributed by atoms with Crippen LogP contribution in [0.5, 0.6) is 17.2 Å². The molecule has 0 saturated heterocycles. The summed E-state index contributed by atoms with van der Waals surface area (Å²) in [6.45, 7) is 12.0. The van der Waals surface area contributed by atoms with Crippen molar-refractivity contribution in [3.63, 3.8) is 0 Å². The molecule has 0 aromatic heterocycles. The van der Waals surface area contributed by atoms with Crippen molar-refractivity contribution < 1.29 is 14.2 Å². The third-order valence-corrected chi connectivity index (χ3v) is 10.3. The lowest BCUT2D eigenvalue weighted by Gasteiger charge is -2.32. The van der Waals surface area contributed by atoms with Gasteiger partial charge in [0.15, 0.2) is 0 Å². The van der Waals surface area contributed by atoms with Gasteiger partial charge in [-0.15, -0.1) is 0 Å². The molecule has 7 aromatic carbocycles. The average Bonchev–Trinajstić information content (AvgIpc) is 3.30. The van der Waals surface area contributed by atoms with Gasteiger partial charge in [-0.1, -0.05) is 154 Å².